The lowest BCUT2D eigenvalue weighted by molar-refractivity contribution is -0.130. The van der Waals surface area contributed by atoms with Crippen LogP contribution in [-0.2, 0) is 38.2 Å². The molecule has 0 unspecified atom stereocenters. The highest BCUT2D eigenvalue weighted by molar-refractivity contribution is 5.97. The molecule has 11 heteroatoms. The highest BCUT2D eigenvalue weighted by Gasteiger charge is 2.12. The predicted molar refractivity (Wildman–Crippen MR) is 138 cm³/mol. The molecule has 0 spiro atoms. The number of ether oxygens (including phenoxy) is 3. The molecular weight excluding hydrogens is 506 g/mol. The Kier molecular flexibility index (Phi) is 9.80. The highest BCUT2D eigenvalue weighted by Crippen LogP contribution is 2.25. The number of aromatic nitrogens is 3. The first-order chi connectivity index (χ1) is 18.8. The number of ketones is 2. The van der Waals surface area contributed by atoms with Gasteiger partial charge in [-0.25, -0.2) is 4.98 Å². The van der Waals surface area contributed by atoms with Gasteiger partial charge in [0.25, 0.3) is 19.4 Å². The van der Waals surface area contributed by atoms with Gasteiger partial charge in [-0.2, -0.15) is 0 Å². The average molecular weight is 527 g/mol. The fourth-order valence-electron chi connectivity index (χ4n) is 3.26. The molecule has 0 saturated carbocycles. The minimum Gasteiger partial charge on any atom is -0.437 e. The minimum absolute atomic E-state index is 0.143. The average Bonchev–Trinajstić information content (AvgIpc) is 2.93. The molecule has 0 amide bonds. The molecule has 0 fully saturated rings. The van der Waals surface area contributed by atoms with Crippen LogP contribution in [-0.4, -0.2) is 45.9 Å². The van der Waals surface area contributed by atoms with Gasteiger partial charge in [0.1, 0.15) is 0 Å². The van der Waals surface area contributed by atoms with Gasteiger partial charge in [-0.05, 0) is 71.3 Å². The molecule has 0 aliphatic rings. The standard InChI is InChI=1S/C28H21N3O8/c1-18(35)27(38-16-33)13-20-3-6-29-23(9-20)25-11-22(5-8-37-15-32)12-26(31-25)24-10-21(4-7-30-24)14-28(19(2)36)39-17-34/h3-17H,1-2H3/b8-5+,27-13+,28-14+. The van der Waals surface area contributed by atoms with E-state index in [9.17, 15) is 24.0 Å². The normalized spacial score (nSPS) is 11.5. The minimum atomic E-state index is -0.435. The molecule has 0 aliphatic carbocycles. The Balaban J connectivity index is 2.13. The molecule has 0 aliphatic heterocycles. The van der Waals surface area contributed by atoms with Gasteiger partial charge in [-0.3, -0.25) is 33.9 Å². The number of pyridine rings is 3. The molecule has 0 aromatic carbocycles. The maximum Gasteiger partial charge on any atom is 0.298 e. The number of carbonyl (C=O) groups is 5. The van der Waals surface area contributed by atoms with Gasteiger partial charge >= 0.3 is 0 Å². The number of rotatable bonds is 13. The van der Waals surface area contributed by atoms with E-state index in [0.29, 0.717) is 39.5 Å². The Morgan fingerprint density at radius 1 is 0.667 bits per heavy atom. The molecule has 3 heterocycles. The molecule has 0 saturated heterocycles. The lowest BCUT2D eigenvalue weighted by Gasteiger charge is -2.09. The second-order valence-corrected chi connectivity index (χ2v) is 7.71. The van der Waals surface area contributed by atoms with Crippen molar-refractivity contribution in [1.29, 1.82) is 0 Å². The third-order valence-corrected chi connectivity index (χ3v) is 4.97. The van der Waals surface area contributed by atoms with E-state index in [1.54, 1.807) is 36.4 Å². The van der Waals surface area contributed by atoms with Gasteiger partial charge in [0, 0.05) is 26.2 Å². The smallest absolute Gasteiger partial charge is 0.298 e. The Labute approximate surface area is 222 Å². The maximum absolute atomic E-state index is 11.8. The monoisotopic (exact) mass is 527 g/mol. The van der Waals surface area contributed by atoms with Crippen molar-refractivity contribution in [2.24, 2.45) is 0 Å². The topological polar surface area (TPSA) is 152 Å². The first-order valence-corrected chi connectivity index (χ1v) is 11.2. The maximum atomic E-state index is 11.8. The van der Waals surface area contributed by atoms with Crippen LogP contribution in [0.25, 0.3) is 41.0 Å². The zero-order valence-electron chi connectivity index (χ0n) is 20.8. The van der Waals surface area contributed by atoms with Gasteiger partial charge in [-0.15, -0.1) is 0 Å². The summed E-state index contributed by atoms with van der Waals surface area (Å²) in [7, 11) is 0. The van der Waals surface area contributed by atoms with E-state index >= 15 is 0 Å². The van der Waals surface area contributed by atoms with Crippen LogP contribution in [0.15, 0.2) is 66.6 Å². The molecule has 3 aromatic heterocycles. The number of nitrogens with zero attached hydrogens (tertiary/aromatic N) is 3. The number of hydrogen-bond donors (Lipinski definition) is 0. The van der Waals surface area contributed by atoms with Gasteiger partial charge in [-0.1, -0.05) is 0 Å². The summed E-state index contributed by atoms with van der Waals surface area (Å²) in [6.45, 7) is 3.14. The second-order valence-electron chi connectivity index (χ2n) is 7.71. The van der Waals surface area contributed by atoms with Crippen molar-refractivity contribution in [2.45, 2.75) is 13.8 Å². The van der Waals surface area contributed by atoms with E-state index in [1.165, 1.54) is 50.7 Å². The van der Waals surface area contributed by atoms with Gasteiger partial charge < -0.3 is 14.2 Å². The van der Waals surface area contributed by atoms with Crippen molar-refractivity contribution in [3.63, 3.8) is 0 Å². The molecular formula is C28H21N3O8. The van der Waals surface area contributed by atoms with Crippen LogP contribution in [0.3, 0.4) is 0 Å². The molecule has 0 atom stereocenters. The molecule has 0 radical (unpaired) electrons. The number of Topliss-reactive ketones (excluding diaryl/α,β-unsaturated/α-hetero) is 2. The third kappa shape index (κ3) is 7.95. The molecule has 0 bridgehead atoms. The fourth-order valence-corrected chi connectivity index (χ4v) is 3.26. The first kappa shape index (κ1) is 28.0. The predicted octanol–water partition coefficient (Wildman–Crippen LogP) is 3.56. The molecule has 3 rings (SSSR count). The third-order valence-electron chi connectivity index (χ3n) is 4.97. The number of hydrogen-bond acceptors (Lipinski definition) is 11. The summed E-state index contributed by atoms with van der Waals surface area (Å²) in [5, 5.41) is 0. The van der Waals surface area contributed by atoms with Gasteiger partial charge in [0.05, 0.1) is 29.0 Å². The van der Waals surface area contributed by atoms with Crippen molar-refractivity contribution < 1.29 is 38.2 Å². The Hall–Kier alpha value is -5.58. The first-order valence-electron chi connectivity index (χ1n) is 11.2. The summed E-state index contributed by atoms with van der Waals surface area (Å²) in [5.41, 5.74) is 3.29. The largest absolute Gasteiger partial charge is 0.437 e. The highest BCUT2D eigenvalue weighted by atomic mass is 16.5. The van der Waals surface area contributed by atoms with Gasteiger partial charge in [0.15, 0.2) is 23.1 Å². The molecule has 196 valence electrons. The van der Waals surface area contributed by atoms with Crippen LogP contribution >= 0.6 is 0 Å². The Bertz CT molecular complexity index is 1410. The second kappa shape index (κ2) is 13.7. The van der Waals surface area contributed by atoms with Crippen LogP contribution in [0.4, 0.5) is 0 Å². The summed E-state index contributed by atoms with van der Waals surface area (Å²) in [6, 6.07) is 9.89. The number of allylic oxidation sites excluding steroid dienone is 2. The van der Waals surface area contributed by atoms with Crippen LogP contribution in [0, 0.1) is 0 Å². The quantitative estimate of drug-likeness (QED) is 0.139. The summed E-state index contributed by atoms with van der Waals surface area (Å²) in [5.74, 6) is -1.16. The van der Waals surface area contributed by atoms with E-state index in [-0.39, 0.29) is 30.9 Å². The Morgan fingerprint density at radius 2 is 1.13 bits per heavy atom. The molecule has 11 nitrogen and oxygen atoms in total. The molecule has 39 heavy (non-hydrogen) atoms. The zero-order chi connectivity index (χ0) is 28.2. The summed E-state index contributed by atoms with van der Waals surface area (Å²) in [4.78, 5) is 69.0. The summed E-state index contributed by atoms with van der Waals surface area (Å²) < 4.78 is 14.2. The molecule has 3 aromatic rings. The van der Waals surface area contributed by atoms with E-state index in [4.69, 9.17) is 9.47 Å². The van der Waals surface area contributed by atoms with Gasteiger partial charge in [0.2, 0.25) is 0 Å². The number of carbonyl (C=O) groups excluding carboxylic acids is 5. The lowest BCUT2D eigenvalue weighted by Crippen LogP contribution is -2.01. The van der Waals surface area contributed by atoms with Crippen molar-refractivity contribution >= 4 is 49.2 Å². The summed E-state index contributed by atoms with van der Waals surface area (Å²) in [6.07, 6.45) is 8.53. The van der Waals surface area contributed by atoms with Crippen molar-refractivity contribution in [1.82, 2.24) is 15.0 Å². The molecule has 0 N–H and O–H groups in total. The Morgan fingerprint density at radius 3 is 1.54 bits per heavy atom. The fraction of sp³-hybridized carbons (Fsp3) is 0.0714. The summed E-state index contributed by atoms with van der Waals surface area (Å²) >= 11 is 0. The van der Waals surface area contributed by atoms with Crippen LogP contribution in [0.5, 0.6) is 0 Å². The van der Waals surface area contributed by atoms with E-state index in [0.717, 1.165) is 0 Å². The van der Waals surface area contributed by atoms with E-state index < -0.39 is 11.6 Å². The van der Waals surface area contributed by atoms with Crippen molar-refractivity contribution in [3.8, 4) is 22.8 Å². The van der Waals surface area contributed by atoms with E-state index in [2.05, 4.69) is 19.7 Å². The SMILES string of the molecule is CC(=O)/C(=C\c1ccnc(-c2cc(/C=C/OC=O)cc(-c3cc(/C=C(/OC=O)C(C)=O)ccn3)n2)c1)OC=O. The van der Waals surface area contributed by atoms with E-state index in [1.807, 2.05) is 0 Å². The van der Waals surface area contributed by atoms with Crippen molar-refractivity contribution in [3.05, 3.63) is 83.3 Å². The zero-order valence-corrected chi connectivity index (χ0v) is 20.8. The lowest BCUT2D eigenvalue weighted by atomic mass is 10.1. The van der Waals surface area contributed by atoms with Crippen LogP contribution in [0.1, 0.15) is 30.5 Å². The van der Waals surface area contributed by atoms with Crippen LogP contribution < -0.4 is 0 Å². The van der Waals surface area contributed by atoms with Crippen LogP contribution in [0.2, 0.25) is 0 Å². The van der Waals surface area contributed by atoms with Crippen molar-refractivity contribution in [2.75, 3.05) is 0 Å².